The summed E-state index contributed by atoms with van der Waals surface area (Å²) in [6.45, 7) is 4.11. The van der Waals surface area contributed by atoms with Gasteiger partial charge in [0.1, 0.15) is 0 Å². The fourth-order valence-corrected chi connectivity index (χ4v) is 2.99. The molecule has 6 nitrogen and oxygen atoms in total. The summed E-state index contributed by atoms with van der Waals surface area (Å²) in [5.41, 5.74) is 3.67. The normalized spacial score (nSPS) is 13.6. The Hall–Kier alpha value is -3.15. The van der Waals surface area contributed by atoms with Crippen LogP contribution in [0.1, 0.15) is 34.3 Å². The van der Waals surface area contributed by atoms with Crippen molar-refractivity contribution in [3.8, 4) is 0 Å². The summed E-state index contributed by atoms with van der Waals surface area (Å²) in [7, 11) is 0. The maximum Gasteiger partial charge on any atom is 0.338 e. The van der Waals surface area contributed by atoms with E-state index in [1.807, 2.05) is 26.0 Å². The van der Waals surface area contributed by atoms with Gasteiger partial charge in [-0.05, 0) is 55.7 Å². The van der Waals surface area contributed by atoms with Crippen LogP contribution >= 0.6 is 0 Å². The van der Waals surface area contributed by atoms with Crippen molar-refractivity contribution in [2.24, 2.45) is 0 Å². The number of hydrogen-bond acceptors (Lipinski definition) is 4. The molecule has 2 aromatic rings. The molecule has 0 saturated carbocycles. The first-order valence-electron chi connectivity index (χ1n) is 8.89. The number of aryl methyl sites for hydroxylation is 2. The van der Waals surface area contributed by atoms with E-state index in [2.05, 4.69) is 5.32 Å². The van der Waals surface area contributed by atoms with Crippen LogP contribution in [-0.2, 0) is 14.3 Å². The van der Waals surface area contributed by atoms with Crippen LogP contribution < -0.4 is 10.2 Å². The number of hydrogen-bond donors (Lipinski definition) is 1. The number of nitrogens with one attached hydrogen (secondary N) is 1. The topological polar surface area (TPSA) is 75.7 Å². The number of benzene rings is 2. The van der Waals surface area contributed by atoms with Gasteiger partial charge in [0.05, 0.1) is 16.9 Å². The highest BCUT2D eigenvalue weighted by Crippen LogP contribution is 2.29. The molecule has 2 aromatic carbocycles. The summed E-state index contributed by atoms with van der Waals surface area (Å²) in [6, 6.07) is 12.4. The predicted molar refractivity (Wildman–Crippen MR) is 103 cm³/mol. The molecule has 0 aliphatic carbocycles. The van der Waals surface area contributed by atoms with Crippen LogP contribution in [0.2, 0.25) is 0 Å². The SMILES string of the molecule is Cc1ccc(C(=O)OCC(=O)Nc2ccccc2N2CCCC2=O)cc1C. The zero-order chi connectivity index (χ0) is 19.4. The van der Waals surface area contributed by atoms with E-state index in [-0.39, 0.29) is 5.91 Å². The van der Waals surface area contributed by atoms with E-state index in [0.717, 1.165) is 17.5 Å². The number of ether oxygens (including phenoxy) is 1. The van der Waals surface area contributed by atoms with Crippen LogP contribution in [0.3, 0.4) is 0 Å². The van der Waals surface area contributed by atoms with Crippen molar-refractivity contribution < 1.29 is 19.1 Å². The standard InChI is InChI=1S/C21H22N2O4/c1-14-9-10-16(12-15(14)2)21(26)27-13-19(24)22-17-6-3-4-7-18(17)23-11-5-8-20(23)25/h3-4,6-7,9-10,12H,5,8,11,13H2,1-2H3,(H,22,24). The molecule has 3 rings (SSSR count). The van der Waals surface area contributed by atoms with Crippen molar-refractivity contribution in [3.63, 3.8) is 0 Å². The van der Waals surface area contributed by atoms with Crippen LogP contribution in [0.15, 0.2) is 42.5 Å². The lowest BCUT2D eigenvalue weighted by Gasteiger charge is -2.19. The third kappa shape index (κ3) is 4.34. The lowest BCUT2D eigenvalue weighted by Crippen LogP contribution is -2.27. The molecule has 6 heteroatoms. The third-order valence-electron chi connectivity index (χ3n) is 4.62. The first kappa shape index (κ1) is 18.6. The first-order chi connectivity index (χ1) is 13.0. The molecular weight excluding hydrogens is 344 g/mol. The molecule has 1 aliphatic rings. The van der Waals surface area contributed by atoms with Crippen molar-refractivity contribution in [2.45, 2.75) is 26.7 Å². The largest absolute Gasteiger partial charge is 0.452 e. The number of anilines is 2. The second-order valence-electron chi connectivity index (χ2n) is 6.59. The van der Waals surface area contributed by atoms with Gasteiger partial charge in [0.2, 0.25) is 5.91 Å². The smallest absolute Gasteiger partial charge is 0.338 e. The monoisotopic (exact) mass is 366 g/mol. The van der Waals surface area contributed by atoms with Crippen molar-refractivity contribution >= 4 is 29.2 Å². The molecule has 1 aliphatic heterocycles. The summed E-state index contributed by atoms with van der Waals surface area (Å²) < 4.78 is 5.11. The predicted octanol–water partition coefficient (Wildman–Crippen LogP) is 3.23. The van der Waals surface area contributed by atoms with Crippen LogP contribution in [-0.4, -0.2) is 30.9 Å². The Morgan fingerprint density at radius 2 is 1.89 bits per heavy atom. The molecule has 0 spiro atoms. The van der Waals surface area contributed by atoms with Gasteiger partial charge in [0, 0.05) is 13.0 Å². The number of rotatable bonds is 5. The molecule has 1 heterocycles. The van der Waals surface area contributed by atoms with Crippen molar-refractivity contribution in [2.75, 3.05) is 23.4 Å². The Balaban J connectivity index is 1.62. The number of carbonyl (C=O) groups excluding carboxylic acids is 3. The van der Waals surface area contributed by atoms with Gasteiger partial charge in [-0.2, -0.15) is 0 Å². The molecule has 1 N–H and O–H groups in total. The average molecular weight is 366 g/mol. The highest BCUT2D eigenvalue weighted by Gasteiger charge is 2.24. The molecule has 0 radical (unpaired) electrons. The first-order valence-corrected chi connectivity index (χ1v) is 8.89. The van der Waals surface area contributed by atoms with E-state index in [1.165, 1.54) is 0 Å². The molecule has 2 amide bonds. The molecule has 1 fully saturated rings. The zero-order valence-corrected chi connectivity index (χ0v) is 15.5. The molecule has 1 saturated heterocycles. The zero-order valence-electron chi connectivity index (χ0n) is 15.5. The molecule has 0 unspecified atom stereocenters. The average Bonchev–Trinajstić information content (AvgIpc) is 3.08. The van der Waals surface area contributed by atoms with Gasteiger partial charge in [-0.25, -0.2) is 4.79 Å². The number of carbonyl (C=O) groups is 3. The Morgan fingerprint density at radius 3 is 2.59 bits per heavy atom. The Bertz CT molecular complexity index is 892. The number of para-hydroxylation sites is 2. The number of amides is 2. The minimum atomic E-state index is -0.545. The molecular formula is C21H22N2O4. The van der Waals surface area contributed by atoms with Gasteiger partial charge < -0.3 is 15.0 Å². The van der Waals surface area contributed by atoms with Crippen molar-refractivity contribution in [3.05, 3.63) is 59.2 Å². The van der Waals surface area contributed by atoms with Crippen LogP contribution in [0.25, 0.3) is 0 Å². The van der Waals surface area contributed by atoms with Crippen molar-refractivity contribution in [1.29, 1.82) is 0 Å². The fourth-order valence-electron chi connectivity index (χ4n) is 2.99. The van der Waals surface area contributed by atoms with E-state index in [1.54, 1.807) is 35.2 Å². The van der Waals surface area contributed by atoms with E-state index in [9.17, 15) is 14.4 Å². The second kappa shape index (κ2) is 8.03. The summed E-state index contributed by atoms with van der Waals surface area (Å²) in [5, 5.41) is 2.73. The van der Waals surface area contributed by atoms with Gasteiger partial charge in [0.25, 0.3) is 5.91 Å². The molecule has 0 aromatic heterocycles. The van der Waals surface area contributed by atoms with Crippen LogP contribution in [0, 0.1) is 13.8 Å². The fraction of sp³-hybridized carbons (Fsp3) is 0.286. The highest BCUT2D eigenvalue weighted by molar-refractivity contribution is 6.02. The molecule has 0 atom stereocenters. The summed E-state index contributed by atoms with van der Waals surface area (Å²) in [4.78, 5) is 38.0. The van der Waals surface area contributed by atoms with Crippen LogP contribution in [0.4, 0.5) is 11.4 Å². The maximum absolute atomic E-state index is 12.2. The number of nitrogens with zero attached hydrogens (tertiary/aromatic N) is 1. The second-order valence-corrected chi connectivity index (χ2v) is 6.59. The summed E-state index contributed by atoms with van der Waals surface area (Å²) in [5.74, 6) is -0.958. The highest BCUT2D eigenvalue weighted by atomic mass is 16.5. The molecule has 0 bridgehead atoms. The van der Waals surface area contributed by atoms with Crippen LogP contribution in [0.5, 0.6) is 0 Å². The Morgan fingerprint density at radius 1 is 1.11 bits per heavy atom. The lowest BCUT2D eigenvalue weighted by atomic mass is 10.1. The lowest BCUT2D eigenvalue weighted by molar-refractivity contribution is -0.119. The van der Waals surface area contributed by atoms with Gasteiger partial charge in [-0.15, -0.1) is 0 Å². The number of esters is 1. The van der Waals surface area contributed by atoms with Gasteiger partial charge >= 0.3 is 5.97 Å². The summed E-state index contributed by atoms with van der Waals surface area (Å²) >= 11 is 0. The van der Waals surface area contributed by atoms with E-state index >= 15 is 0 Å². The van der Waals surface area contributed by atoms with Gasteiger partial charge in [-0.3, -0.25) is 9.59 Å². The maximum atomic E-state index is 12.2. The minimum Gasteiger partial charge on any atom is -0.452 e. The van der Waals surface area contributed by atoms with Crippen molar-refractivity contribution in [1.82, 2.24) is 0 Å². The Kier molecular flexibility index (Phi) is 5.54. The van der Waals surface area contributed by atoms with Gasteiger partial charge in [0.15, 0.2) is 6.61 Å². The van der Waals surface area contributed by atoms with Gasteiger partial charge in [-0.1, -0.05) is 18.2 Å². The molecule has 27 heavy (non-hydrogen) atoms. The summed E-state index contributed by atoms with van der Waals surface area (Å²) in [6.07, 6.45) is 1.31. The third-order valence-corrected chi connectivity index (χ3v) is 4.62. The van der Waals surface area contributed by atoms with E-state index < -0.39 is 18.5 Å². The quantitative estimate of drug-likeness (QED) is 0.825. The van der Waals surface area contributed by atoms with E-state index in [0.29, 0.717) is 29.9 Å². The minimum absolute atomic E-state index is 0.0397. The molecule has 140 valence electrons. The van der Waals surface area contributed by atoms with E-state index in [4.69, 9.17) is 4.74 Å². The Labute approximate surface area is 158 Å².